The van der Waals surface area contributed by atoms with Crippen molar-refractivity contribution in [1.82, 2.24) is 19.1 Å². The Morgan fingerprint density at radius 3 is 1.85 bits per heavy atom. The van der Waals surface area contributed by atoms with Gasteiger partial charge in [0, 0.05) is 35.6 Å². The molecule has 2 fully saturated rings. The predicted octanol–water partition coefficient (Wildman–Crippen LogP) is 8.79. The van der Waals surface area contributed by atoms with Gasteiger partial charge in [0.25, 0.3) is 0 Å². The van der Waals surface area contributed by atoms with Crippen LogP contribution in [0.2, 0.25) is 0 Å². The number of esters is 1. The van der Waals surface area contributed by atoms with Gasteiger partial charge < -0.3 is 13.9 Å². The number of ether oxygens (including phenoxy) is 1. The zero-order chi connectivity index (χ0) is 27.2. The van der Waals surface area contributed by atoms with E-state index >= 15 is 0 Å². The van der Waals surface area contributed by atoms with E-state index in [4.69, 9.17) is 4.74 Å². The summed E-state index contributed by atoms with van der Waals surface area (Å²) in [6.07, 6.45) is 7.97. The molecule has 4 aliphatic heterocycles. The van der Waals surface area contributed by atoms with Gasteiger partial charge in [-0.15, -0.1) is 0 Å². The van der Waals surface area contributed by atoms with Crippen LogP contribution in [0.4, 0.5) is 8.78 Å². The third-order valence-electron chi connectivity index (χ3n) is 8.39. The highest BCUT2D eigenvalue weighted by Gasteiger charge is 2.40. The monoisotopic (exact) mass is 784 g/mol. The summed E-state index contributed by atoms with van der Waals surface area (Å²) in [4.78, 5) is 20.7. The van der Waals surface area contributed by atoms with Crippen molar-refractivity contribution in [3.8, 4) is 22.8 Å². The minimum Gasteiger partial charge on any atom is -0.464 e. The highest BCUT2D eigenvalue weighted by molar-refractivity contribution is 14.1. The first kappa shape index (κ1) is 28.0. The summed E-state index contributed by atoms with van der Waals surface area (Å²) in [6.45, 7) is 0. The maximum absolute atomic E-state index is 13.8. The van der Waals surface area contributed by atoms with E-state index in [9.17, 15) is 13.6 Å². The van der Waals surface area contributed by atoms with Gasteiger partial charge in [0.15, 0.2) is 5.69 Å². The van der Waals surface area contributed by atoms with Crippen molar-refractivity contribution in [3.05, 3.63) is 77.8 Å². The number of nitrogens with zero attached hydrogens (tertiary/aromatic N) is 4. The van der Waals surface area contributed by atoms with Gasteiger partial charge >= 0.3 is 5.97 Å². The number of methoxy groups -OCH3 is 1. The summed E-state index contributed by atoms with van der Waals surface area (Å²) in [7, 11) is 1.34. The zero-order valence-electron chi connectivity index (χ0n) is 20.6. The molecule has 2 saturated carbocycles. The summed E-state index contributed by atoms with van der Waals surface area (Å²) in [5, 5.41) is 0. The van der Waals surface area contributed by atoms with Crippen LogP contribution in [-0.2, 0) is 4.74 Å². The van der Waals surface area contributed by atoms with Gasteiger partial charge in [-0.25, -0.2) is 23.5 Å². The first-order valence-electron chi connectivity index (χ1n) is 12.6. The van der Waals surface area contributed by atoms with E-state index in [-0.39, 0.29) is 19.1 Å². The number of hydrogen-bond acceptors (Lipinski definition) is 4. The van der Waals surface area contributed by atoms with Crippen molar-refractivity contribution >= 4 is 60.4 Å². The summed E-state index contributed by atoms with van der Waals surface area (Å²) < 4.78 is 38.5. The second-order valence-corrected chi connectivity index (χ2v) is 13.3. The number of hydrogen-bond donors (Lipinski definition) is 0. The Morgan fingerprint density at radius 1 is 0.875 bits per heavy atom. The number of carbonyl (C=O) groups is 1. The molecule has 6 nitrogen and oxygen atoms in total. The number of imidazole rings is 2. The molecule has 0 radical (unpaired) electrons. The van der Waals surface area contributed by atoms with Crippen LogP contribution >= 0.6 is 54.5 Å². The zero-order valence-corrected chi connectivity index (χ0v) is 25.9. The molecule has 0 amide bonds. The summed E-state index contributed by atoms with van der Waals surface area (Å²) in [5.41, 5.74) is 4.37. The first-order chi connectivity index (χ1) is 18.7. The lowest BCUT2D eigenvalue weighted by Crippen LogP contribution is -2.22. The molecule has 0 atom stereocenters. The van der Waals surface area contributed by atoms with Crippen LogP contribution in [0, 0.1) is 15.3 Å². The molecule has 6 heterocycles. The van der Waals surface area contributed by atoms with Crippen molar-refractivity contribution in [2.75, 3.05) is 7.11 Å². The highest BCUT2D eigenvalue weighted by Crippen LogP contribution is 2.53. The third-order valence-corrected chi connectivity index (χ3v) is 10.1. The SMILES string of the molecule is C.COC(=O)c1cn2c(n1)-c1cc(Br)c(F)cc1C1CC2C1.Fc1cc2c(cc1Br)-c1nc(I)cn1C1CC2C1. The molecule has 2 aliphatic carbocycles. The van der Waals surface area contributed by atoms with Crippen molar-refractivity contribution in [2.45, 2.75) is 57.0 Å². The Morgan fingerprint density at radius 2 is 1.35 bits per heavy atom. The minimum absolute atomic E-state index is 0. The fourth-order valence-corrected chi connectivity index (χ4v) is 7.46. The van der Waals surface area contributed by atoms with Gasteiger partial charge in [0.1, 0.15) is 27.0 Å². The molecule has 4 aromatic rings. The quantitative estimate of drug-likeness (QED) is 0.143. The maximum Gasteiger partial charge on any atom is 0.358 e. The second kappa shape index (κ2) is 10.3. The molecule has 2 aromatic heterocycles. The van der Waals surface area contributed by atoms with Crippen LogP contribution in [0.1, 0.15) is 78.6 Å². The molecule has 11 heteroatoms. The average Bonchev–Trinajstić information content (AvgIpc) is 3.34. The van der Waals surface area contributed by atoms with Crippen molar-refractivity contribution < 1.29 is 18.3 Å². The Balaban J connectivity index is 0.000000143. The maximum atomic E-state index is 13.8. The van der Waals surface area contributed by atoms with Gasteiger partial charge in [-0.1, -0.05) is 7.43 Å². The summed E-state index contributed by atoms with van der Waals surface area (Å²) >= 11 is 8.75. The molecule has 10 rings (SSSR count). The van der Waals surface area contributed by atoms with E-state index in [0.717, 1.165) is 63.3 Å². The van der Waals surface area contributed by atoms with E-state index in [2.05, 4.69) is 75.2 Å². The Labute approximate surface area is 260 Å². The molecule has 4 bridgehead atoms. The highest BCUT2D eigenvalue weighted by atomic mass is 127. The van der Waals surface area contributed by atoms with Crippen LogP contribution in [0.5, 0.6) is 0 Å². The molecule has 0 unspecified atom stereocenters. The lowest BCUT2D eigenvalue weighted by atomic mass is 9.76. The van der Waals surface area contributed by atoms with Crippen LogP contribution in [-0.4, -0.2) is 32.2 Å². The van der Waals surface area contributed by atoms with Gasteiger partial charge in [0.2, 0.25) is 0 Å². The van der Waals surface area contributed by atoms with E-state index in [1.807, 2.05) is 10.6 Å². The molecule has 40 heavy (non-hydrogen) atoms. The molecule has 208 valence electrons. The summed E-state index contributed by atoms with van der Waals surface area (Å²) in [6, 6.07) is 7.76. The normalized spacial score (nSPS) is 22.2. The van der Waals surface area contributed by atoms with Gasteiger partial charge in [-0.2, -0.15) is 0 Å². The Hall–Kier alpha value is -2.12. The predicted molar refractivity (Wildman–Crippen MR) is 163 cm³/mol. The van der Waals surface area contributed by atoms with Crippen LogP contribution in [0.25, 0.3) is 22.8 Å². The second-order valence-electron chi connectivity index (χ2n) is 10.5. The van der Waals surface area contributed by atoms with Crippen molar-refractivity contribution in [2.24, 2.45) is 0 Å². The van der Waals surface area contributed by atoms with E-state index < -0.39 is 5.97 Å². The van der Waals surface area contributed by atoms with Crippen LogP contribution in [0.15, 0.2) is 45.6 Å². The Kier molecular flexibility index (Phi) is 7.22. The molecule has 6 aliphatic rings. The number of halogens is 5. The van der Waals surface area contributed by atoms with Gasteiger partial charge in [-0.3, -0.25) is 0 Å². The number of benzene rings is 2. The fraction of sp³-hybridized carbons (Fsp3) is 0.345. The summed E-state index contributed by atoms with van der Waals surface area (Å²) in [5.74, 6) is 1.69. The molecule has 0 N–H and O–H groups in total. The average molecular weight is 786 g/mol. The number of aromatic nitrogens is 4. The van der Waals surface area contributed by atoms with E-state index in [0.29, 0.717) is 38.6 Å². The van der Waals surface area contributed by atoms with E-state index in [1.54, 1.807) is 24.4 Å². The van der Waals surface area contributed by atoms with Gasteiger partial charge in [0.05, 0.1) is 16.1 Å². The standard InChI is InChI=1S/C15H12BrFN2O2.C13H9BrFIN2.CH4/c1-21-15(20)13-6-19-8-2-7(3-8)9-5-12(17)11(16)4-10(9)14(19)18-13;14-10-3-9-8(4-11(10)15)6-1-7(2-6)18-5-12(16)17-13(9)18;/h4-8H,2-3H2,1H3;3-7H,1-2H2;1H4. The lowest BCUT2D eigenvalue weighted by Gasteiger charge is -2.34. The van der Waals surface area contributed by atoms with Gasteiger partial charge in [-0.05, 0) is 127 Å². The van der Waals surface area contributed by atoms with E-state index in [1.165, 1.54) is 7.11 Å². The smallest absolute Gasteiger partial charge is 0.358 e. The Bertz CT molecular complexity index is 1670. The topological polar surface area (TPSA) is 61.9 Å². The van der Waals surface area contributed by atoms with Crippen molar-refractivity contribution in [3.63, 3.8) is 0 Å². The minimum atomic E-state index is -0.450. The van der Waals surface area contributed by atoms with Crippen LogP contribution < -0.4 is 0 Å². The fourth-order valence-electron chi connectivity index (χ4n) is 6.24. The molecule has 0 saturated heterocycles. The largest absolute Gasteiger partial charge is 0.464 e. The first-order valence-corrected chi connectivity index (χ1v) is 15.3. The van der Waals surface area contributed by atoms with Crippen LogP contribution in [0.3, 0.4) is 0 Å². The molecular formula is C29H25Br2F2IN4O2. The van der Waals surface area contributed by atoms with Crippen molar-refractivity contribution in [1.29, 1.82) is 0 Å². The number of rotatable bonds is 1. The number of carbonyl (C=O) groups excluding carboxylic acids is 1. The third kappa shape index (κ3) is 4.38. The lowest BCUT2D eigenvalue weighted by molar-refractivity contribution is 0.0594. The molecular weight excluding hydrogens is 761 g/mol. The molecule has 2 aromatic carbocycles. The molecule has 0 spiro atoms.